The van der Waals surface area contributed by atoms with Crippen LogP contribution in [-0.4, -0.2) is 13.6 Å². The van der Waals surface area contributed by atoms with Gasteiger partial charge in [0.05, 0.1) is 0 Å². The van der Waals surface area contributed by atoms with E-state index in [-0.39, 0.29) is 5.69 Å². The second kappa shape index (κ2) is 6.48. The Hall–Kier alpha value is -0.940. The van der Waals surface area contributed by atoms with Crippen molar-refractivity contribution in [2.24, 2.45) is 0 Å². The van der Waals surface area contributed by atoms with Crippen molar-refractivity contribution < 1.29 is 8.78 Å². The Morgan fingerprint density at radius 1 is 1.26 bits per heavy atom. The first-order chi connectivity index (χ1) is 9.11. The molecular formula is C14H14BrF2NS. The van der Waals surface area contributed by atoms with E-state index in [2.05, 4.69) is 15.9 Å². The number of alkyl halides is 1. The number of nitrogens with zero attached hydrogens (tertiary/aromatic N) is 1. The second-order valence-electron chi connectivity index (χ2n) is 4.29. The zero-order valence-electron chi connectivity index (χ0n) is 10.5. The van der Waals surface area contributed by atoms with Crippen LogP contribution in [0.5, 0.6) is 0 Å². The molecule has 1 nitrogen and oxygen atoms in total. The highest BCUT2D eigenvalue weighted by Crippen LogP contribution is 2.25. The number of likely N-dealkylation sites (N-methyl/N-ethyl adjacent to an activating group) is 1. The molecule has 5 heteroatoms. The fraction of sp³-hybridized carbons (Fsp3) is 0.286. The summed E-state index contributed by atoms with van der Waals surface area (Å²) in [6.45, 7) is 0.585. The SMILES string of the molecule is CN(CCc1cccs1)c1c(F)cc(CBr)cc1F. The van der Waals surface area contributed by atoms with Crippen LogP contribution in [0.3, 0.4) is 0 Å². The average Bonchev–Trinajstić information content (AvgIpc) is 2.88. The van der Waals surface area contributed by atoms with E-state index in [4.69, 9.17) is 0 Å². The Morgan fingerprint density at radius 3 is 2.47 bits per heavy atom. The molecule has 19 heavy (non-hydrogen) atoms. The van der Waals surface area contributed by atoms with Gasteiger partial charge in [0.1, 0.15) is 17.3 Å². The number of anilines is 1. The van der Waals surface area contributed by atoms with Crippen molar-refractivity contribution >= 4 is 33.0 Å². The summed E-state index contributed by atoms with van der Waals surface area (Å²) in [5, 5.41) is 2.45. The molecule has 2 aromatic rings. The third kappa shape index (κ3) is 3.54. The minimum Gasteiger partial charge on any atom is -0.369 e. The predicted octanol–water partition coefficient (Wildman–Crippen LogP) is 4.60. The van der Waals surface area contributed by atoms with Gasteiger partial charge in [0.2, 0.25) is 0 Å². The van der Waals surface area contributed by atoms with Crippen molar-refractivity contribution in [2.45, 2.75) is 11.8 Å². The molecule has 1 aromatic carbocycles. The van der Waals surface area contributed by atoms with E-state index >= 15 is 0 Å². The Bertz CT molecular complexity index is 519. The van der Waals surface area contributed by atoms with Gasteiger partial charge in [-0.05, 0) is 35.6 Å². The van der Waals surface area contributed by atoms with Gasteiger partial charge in [-0.2, -0.15) is 0 Å². The number of hydrogen-bond acceptors (Lipinski definition) is 2. The first kappa shape index (κ1) is 14.5. The van der Waals surface area contributed by atoms with E-state index < -0.39 is 11.6 Å². The van der Waals surface area contributed by atoms with E-state index in [1.165, 1.54) is 17.0 Å². The number of hydrogen-bond donors (Lipinski definition) is 0. The highest BCUT2D eigenvalue weighted by Gasteiger charge is 2.15. The van der Waals surface area contributed by atoms with Crippen LogP contribution in [0.25, 0.3) is 0 Å². The summed E-state index contributed by atoms with van der Waals surface area (Å²) in [6.07, 6.45) is 0.785. The normalized spacial score (nSPS) is 10.7. The molecule has 0 aliphatic heterocycles. The van der Waals surface area contributed by atoms with Crippen molar-refractivity contribution in [2.75, 3.05) is 18.5 Å². The van der Waals surface area contributed by atoms with Crippen LogP contribution in [0.1, 0.15) is 10.4 Å². The molecule has 1 aromatic heterocycles. The second-order valence-corrected chi connectivity index (χ2v) is 5.89. The van der Waals surface area contributed by atoms with Gasteiger partial charge >= 0.3 is 0 Å². The smallest absolute Gasteiger partial charge is 0.149 e. The summed E-state index contributed by atoms with van der Waals surface area (Å²) in [7, 11) is 1.71. The molecule has 1 heterocycles. The minimum atomic E-state index is -0.511. The largest absolute Gasteiger partial charge is 0.369 e. The van der Waals surface area contributed by atoms with Crippen LogP contribution in [0.4, 0.5) is 14.5 Å². The number of thiophene rings is 1. The van der Waals surface area contributed by atoms with Crippen LogP contribution >= 0.6 is 27.3 Å². The monoisotopic (exact) mass is 345 g/mol. The van der Waals surface area contributed by atoms with Gasteiger partial charge in [-0.15, -0.1) is 11.3 Å². The Morgan fingerprint density at radius 2 is 1.95 bits per heavy atom. The molecule has 0 aliphatic rings. The van der Waals surface area contributed by atoms with Crippen LogP contribution < -0.4 is 4.90 Å². The van der Waals surface area contributed by atoms with Gasteiger partial charge in [-0.1, -0.05) is 22.0 Å². The van der Waals surface area contributed by atoms with E-state index in [1.54, 1.807) is 23.3 Å². The molecule has 0 amide bonds. The summed E-state index contributed by atoms with van der Waals surface area (Å²) in [5.41, 5.74) is 0.645. The maximum absolute atomic E-state index is 13.9. The van der Waals surface area contributed by atoms with Crippen LogP contribution in [0, 0.1) is 11.6 Å². The van der Waals surface area contributed by atoms with Gasteiger partial charge in [0.15, 0.2) is 0 Å². The Labute approximate surface area is 124 Å². The van der Waals surface area contributed by atoms with Crippen molar-refractivity contribution in [3.8, 4) is 0 Å². The van der Waals surface area contributed by atoms with E-state index in [9.17, 15) is 8.78 Å². The first-order valence-corrected chi connectivity index (χ1v) is 7.89. The summed E-state index contributed by atoms with van der Waals surface area (Å²) in [4.78, 5) is 2.84. The van der Waals surface area contributed by atoms with Crippen LogP contribution in [0.2, 0.25) is 0 Å². The molecule has 0 radical (unpaired) electrons. The lowest BCUT2D eigenvalue weighted by Crippen LogP contribution is -2.22. The van der Waals surface area contributed by atoms with Crippen molar-refractivity contribution in [1.82, 2.24) is 0 Å². The molecule has 0 fully saturated rings. The first-order valence-electron chi connectivity index (χ1n) is 5.89. The van der Waals surface area contributed by atoms with E-state index in [1.807, 2.05) is 17.5 Å². The molecule has 0 aliphatic carbocycles. The lowest BCUT2D eigenvalue weighted by molar-refractivity contribution is 0.575. The molecule has 102 valence electrons. The summed E-state index contributed by atoms with van der Waals surface area (Å²) in [5.74, 6) is -1.02. The van der Waals surface area contributed by atoms with Gasteiger partial charge in [0, 0.05) is 23.8 Å². The standard InChI is InChI=1S/C14H14BrF2NS/c1-18(5-4-11-3-2-6-19-11)14-12(16)7-10(9-15)8-13(14)17/h2-3,6-8H,4-5,9H2,1H3. The number of benzene rings is 1. The topological polar surface area (TPSA) is 3.24 Å². The third-order valence-electron chi connectivity index (χ3n) is 2.89. The quantitative estimate of drug-likeness (QED) is 0.715. The molecule has 0 saturated carbocycles. The zero-order chi connectivity index (χ0) is 13.8. The fourth-order valence-corrected chi connectivity index (χ4v) is 2.93. The molecule has 0 bridgehead atoms. The lowest BCUT2D eigenvalue weighted by Gasteiger charge is -2.20. The predicted molar refractivity (Wildman–Crippen MR) is 80.3 cm³/mol. The highest BCUT2D eigenvalue weighted by atomic mass is 79.9. The molecule has 0 saturated heterocycles. The van der Waals surface area contributed by atoms with Gasteiger partial charge in [0.25, 0.3) is 0 Å². The summed E-state index contributed by atoms with van der Waals surface area (Å²) in [6, 6.07) is 6.74. The minimum absolute atomic E-state index is 0.0428. The molecule has 2 rings (SSSR count). The van der Waals surface area contributed by atoms with Crippen molar-refractivity contribution in [1.29, 1.82) is 0 Å². The Kier molecular flexibility index (Phi) is 4.93. The number of halogens is 3. The van der Waals surface area contributed by atoms with Crippen molar-refractivity contribution in [3.05, 3.63) is 51.7 Å². The maximum atomic E-state index is 13.9. The number of rotatable bonds is 5. The fourth-order valence-electron chi connectivity index (χ4n) is 1.90. The molecule has 0 spiro atoms. The van der Waals surface area contributed by atoms with Crippen LogP contribution in [-0.2, 0) is 11.8 Å². The average molecular weight is 346 g/mol. The van der Waals surface area contributed by atoms with E-state index in [0.717, 1.165) is 6.42 Å². The molecule has 0 unspecified atom stereocenters. The van der Waals surface area contributed by atoms with E-state index in [0.29, 0.717) is 17.4 Å². The highest BCUT2D eigenvalue weighted by molar-refractivity contribution is 9.08. The maximum Gasteiger partial charge on any atom is 0.149 e. The molecule has 0 atom stereocenters. The lowest BCUT2D eigenvalue weighted by atomic mass is 10.2. The van der Waals surface area contributed by atoms with Crippen molar-refractivity contribution in [3.63, 3.8) is 0 Å². The zero-order valence-corrected chi connectivity index (χ0v) is 12.9. The summed E-state index contributed by atoms with van der Waals surface area (Å²) >= 11 is 4.85. The Balaban J connectivity index is 2.12. The third-order valence-corrected chi connectivity index (χ3v) is 4.47. The molecule has 0 N–H and O–H groups in total. The summed E-state index contributed by atoms with van der Waals surface area (Å²) < 4.78 is 27.8. The molecular weight excluding hydrogens is 332 g/mol. The van der Waals surface area contributed by atoms with Crippen LogP contribution in [0.15, 0.2) is 29.6 Å². The van der Waals surface area contributed by atoms with Gasteiger partial charge in [-0.25, -0.2) is 8.78 Å². The van der Waals surface area contributed by atoms with Gasteiger partial charge < -0.3 is 4.90 Å². The van der Waals surface area contributed by atoms with Gasteiger partial charge in [-0.3, -0.25) is 0 Å².